The van der Waals surface area contributed by atoms with Gasteiger partial charge in [-0.3, -0.25) is 0 Å². The van der Waals surface area contributed by atoms with Crippen LogP contribution in [0.4, 0.5) is 0 Å². The summed E-state index contributed by atoms with van der Waals surface area (Å²) in [7, 11) is 0. The molecule has 4 nitrogen and oxygen atoms in total. The van der Waals surface area contributed by atoms with Crippen LogP contribution in [0.1, 0.15) is 66.4 Å². The van der Waals surface area contributed by atoms with Gasteiger partial charge < -0.3 is 19.5 Å². The maximum Gasteiger partial charge on any atom is 0.119 e. The summed E-state index contributed by atoms with van der Waals surface area (Å²) in [6.45, 7) is 18.0. The lowest BCUT2D eigenvalue weighted by Gasteiger charge is -2.33. The molecular weight excluding hydrogens is 362 g/mol. The maximum atomic E-state index is 10.2. The highest BCUT2D eigenvalue weighted by atomic mass is 16.5. The lowest BCUT2D eigenvalue weighted by molar-refractivity contribution is 0.00333. The molecule has 1 aromatic carbocycles. The van der Waals surface area contributed by atoms with Crippen molar-refractivity contribution >= 4 is 0 Å². The van der Waals surface area contributed by atoms with Gasteiger partial charge in [0.2, 0.25) is 0 Å². The first-order chi connectivity index (χ1) is 13.5. The van der Waals surface area contributed by atoms with Crippen LogP contribution in [-0.4, -0.2) is 55.6 Å². The summed E-state index contributed by atoms with van der Waals surface area (Å²) in [6.07, 6.45) is 3.17. The molecule has 0 aliphatic carbocycles. The van der Waals surface area contributed by atoms with Gasteiger partial charge in [-0.2, -0.15) is 0 Å². The Morgan fingerprint density at radius 2 is 1.66 bits per heavy atom. The molecule has 1 heterocycles. The second-order valence-corrected chi connectivity index (χ2v) is 10.7. The van der Waals surface area contributed by atoms with Crippen LogP contribution >= 0.6 is 0 Å². The zero-order valence-electron chi connectivity index (χ0n) is 19.5. The Labute approximate surface area is 178 Å². The van der Waals surface area contributed by atoms with E-state index in [4.69, 9.17) is 9.47 Å². The van der Waals surface area contributed by atoms with Crippen LogP contribution in [0.25, 0.3) is 0 Å². The first-order valence-electron chi connectivity index (χ1n) is 11.3. The summed E-state index contributed by atoms with van der Waals surface area (Å²) in [6, 6.07) is 8.44. The summed E-state index contributed by atoms with van der Waals surface area (Å²) in [5, 5.41) is 10.2. The van der Waals surface area contributed by atoms with Crippen molar-refractivity contribution in [2.24, 2.45) is 11.3 Å². The van der Waals surface area contributed by atoms with E-state index >= 15 is 0 Å². The summed E-state index contributed by atoms with van der Waals surface area (Å²) in [5.74, 6) is 1.68. The molecule has 166 valence electrons. The number of likely N-dealkylation sites (tertiary alicyclic amines) is 1. The minimum Gasteiger partial charge on any atom is -0.491 e. The molecule has 1 saturated heterocycles. The fourth-order valence-corrected chi connectivity index (χ4v) is 4.46. The van der Waals surface area contributed by atoms with Gasteiger partial charge in [-0.25, -0.2) is 0 Å². The average Bonchev–Trinajstić information content (AvgIpc) is 2.62. The molecule has 2 rings (SSSR count). The number of aliphatic hydroxyl groups excluding tert-OH is 1. The predicted molar refractivity (Wildman–Crippen MR) is 121 cm³/mol. The van der Waals surface area contributed by atoms with E-state index in [1.165, 1.54) is 18.4 Å². The van der Waals surface area contributed by atoms with E-state index in [0.29, 0.717) is 31.8 Å². The zero-order valence-corrected chi connectivity index (χ0v) is 19.5. The number of ether oxygens (including phenoxy) is 2. The third kappa shape index (κ3) is 9.06. The van der Waals surface area contributed by atoms with Gasteiger partial charge in [-0.15, -0.1) is 0 Å². The third-order valence-corrected chi connectivity index (χ3v) is 5.76. The summed E-state index contributed by atoms with van der Waals surface area (Å²) in [5.41, 5.74) is 1.78. The minimum absolute atomic E-state index is 0.141. The van der Waals surface area contributed by atoms with Crippen LogP contribution in [0.15, 0.2) is 24.3 Å². The Bertz CT molecular complexity index is 583. The van der Waals surface area contributed by atoms with Crippen molar-refractivity contribution in [3.8, 4) is 5.75 Å². The molecule has 29 heavy (non-hydrogen) atoms. The zero-order chi connectivity index (χ0) is 21.5. The first kappa shape index (κ1) is 24.2. The molecule has 1 aromatic rings. The molecule has 4 heteroatoms. The van der Waals surface area contributed by atoms with Crippen molar-refractivity contribution in [3.05, 3.63) is 29.8 Å². The van der Waals surface area contributed by atoms with Gasteiger partial charge >= 0.3 is 0 Å². The number of β-amino-alcohol motifs (C(OH)–C–C–N with tert-alkyl or cyclic N) is 1. The molecule has 0 saturated carbocycles. The lowest BCUT2D eigenvalue weighted by atomic mass is 9.72. The van der Waals surface area contributed by atoms with E-state index in [9.17, 15) is 5.11 Å². The normalized spacial score (nSPS) is 18.0. The maximum absolute atomic E-state index is 10.2. The van der Waals surface area contributed by atoms with Crippen molar-refractivity contribution in [2.75, 3.05) is 39.5 Å². The fraction of sp³-hybridized carbons (Fsp3) is 0.760. The quantitative estimate of drug-likeness (QED) is 0.563. The van der Waals surface area contributed by atoms with Crippen molar-refractivity contribution < 1.29 is 14.6 Å². The van der Waals surface area contributed by atoms with Crippen LogP contribution in [0.5, 0.6) is 5.75 Å². The Hall–Kier alpha value is -1.10. The number of aliphatic hydroxyl groups is 1. The molecule has 0 unspecified atom stereocenters. The molecular formula is C25H43NO3. The second kappa shape index (κ2) is 10.8. The Kier molecular flexibility index (Phi) is 8.99. The molecule has 0 radical (unpaired) electrons. The van der Waals surface area contributed by atoms with E-state index in [-0.39, 0.29) is 5.41 Å². The van der Waals surface area contributed by atoms with Gasteiger partial charge in [0, 0.05) is 6.54 Å². The van der Waals surface area contributed by atoms with E-state index in [0.717, 1.165) is 31.2 Å². The van der Waals surface area contributed by atoms with Gasteiger partial charge in [0.1, 0.15) is 12.4 Å². The highest BCUT2D eigenvalue weighted by Crippen LogP contribution is 2.36. The third-order valence-electron chi connectivity index (χ3n) is 5.76. The van der Waals surface area contributed by atoms with Gasteiger partial charge in [-0.05, 0) is 66.8 Å². The number of hydrogen-bond donors (Lipinski definition) is 1. The molecule has 1 atom stereocenters. The van der Waals surface area contributed by atoms with Crippen LogP contribution in [-0.2, 0) is 10.2 Å². The summed E-state index contributed by atoms with van der Waals surface area (Å²) < 4.78 is 11.4. The van der Waals surface area contributed by atoms with Crippen LogP contribution in [0.3, 0.4) is 0 Å². The molecule has 0 bridgehead atoms. The molecule has 1 aliphatic rings. The standard InChI is InChI=1S/C25H43NO3/c1-20-11-13-26(14-12-20)17-22(27)18-28-15-16-29-23-9-7-21(8-10-23)25(5,6)19-24(2,3)4/h7-10,20,22,27H,11-19H2,1-6H3/t22-/m1/s1. The molecule has 0 spiro atoms. The van der Waals surface area contributed by atoms with Crippen LogP contribution < -0.4 is 4.74 Å². The average molecular weight is 406 g/mol. The Balaban J connectivity index is 1.64. The van der Waals surface area contributed by atoms with Crippen molar-refractivity contribution in [1.29, 1.82) is 0 Å². The lowest BCUT2D eigenvalue weighted by Crippen LogP contribution is -2.40. The molecule has 1 N–H and O–H groups in total. The first-order valence-corrected chi connectivity index (χ1v) is 11.3. The SMILES string of the molecule is CC1CCN(C[C@@H](O)COCCOc2ccc(C(C)(C)CC(C)(C)C)cc2)CC1. The monoisotopic (exact) mass is 405 g/mol. The Morgan fingerprint density at radius 3 is 2.24 bits per heavy atom. The van der Waals surface area contributed by atoms with Crippen LogP contribution in [0, 0.1) is 11.3 Å². The van der Waals surface area contributed by atoms with Gasteiger partial charge in [0.15, 0.2) is 0 Å². The van der Waals surface area contributed by atoms with E-state index in [1.807, 2.05) is 12.1 Å². The second-order valence-electron chi connectivity index (χ2n) is 10.7. The highest BCUT2D eigenvalue weighted by Gasteiger charge is 2.27. The topological polar surface area (TPSA) is 41.9 Å². The summed E-state index contributed by atoms with van der Waals surface area (Å²) >= 11 is 0. The smallest absolute Gasteiger partial charge is 0.119 e. The molecule has 1 aliphatic heterocycles. The van der Waals surface area contributed by atoms with E-state index < -0.39 is 6.10 Å². The number of benzene rings is 1. The number of piperidine rings is 1. The van der Waals surface area contributed by atoms with Crippen molar-refractivity contribution in [3.63, 3.8) is 0 Å². The molecule has 0 aromatic heterocycles. The number of nitrogens with zero attached hydrogens (tertiary/aromatic N) is 1. The van der Waals surface area contributed by atoms with Gasteiger partial charge in [0.05, 0.1) is 19.3 Å². The summed E-state index contributed by atoms with van der Waals surface area (Å²) in [4.78, 5) is 2.34. The number of hydrogen-bond acceptors (Lipinski definition) is 4. The number of rotatable bonds is 10. The van der Waals surface area contributed by atoms with E-state index in [2.05, 4.69) is 58.6 Å². The van der Waals surface area contributed by atoms with Crippen molar-refractivity contribution in [1.82, 2.24) is 4.90 Å². The molecule has 0 amide bonds. The van der Waals surface area contributed by atoms with Gasteiger partial charge in [-0.1, -0.05) is 53.7 Å². The minimum atomic E-state index is -0.423. The predicted octanol–water partition coefficient (Wildman–Crippen LogP) is 4.89. The van der Waals surface area contributed by atoms with Crippen molar-refractivity contribution in [2.45, 2.75) is 72.3 Å². The fourth-order valence-electron chi connectivity index (χ4n) is 4.46. The largest absolute Gasteiger partial charge is 0.491 e. The molecule has 1 fully saturated rings. The van der Waals surface area contributed by atoms with Gasteiger partial charge in [0.25, 0.3) is 0 Å². The van der Waals surface area contributed by atoms with Crippen LogP contribution in [0.2, 0.25) is 0 Å². The van der Waals surface area contributed by atoms with E-state index in [1.54, 1.807) is 0 Å². The Morgan fingerprint density at radius 1 is 1.03 bits per heavy atom. The highest BCUT2D eigenvalue weighted by molar-refractivity contribution is 5.31.